The Hall–Kier alpha value is -2.69. The molecule has 2 aromatic carbocycles. The topological polar surface area (TPSA) is 49.4 Å². The summed E-state index contributed by atoms with van der Waals surface area (Å²) in [4.78, 5) is 26.8. The molecule has 0 aromatic heterocycles. The van der Waals surface area contributed by atoms with E-state index >= 15 is 0 Å². The Morgan fingerprint density at radius 1 is 0.962 bits per heavy atom. The number of amides is 2. The van der Waals surface area contributed by atoms with Crippen LogP contribution in [-0.4, -0.2) is 24.9 Å². The van der Waals surface area contributed by atoms with Crippen molar-refractivity contribution in [3.05, 3.63) is 65.5 Å². The number of halogens is 1. The van der Waals surface area contributed by atoms with Crippen molar-refractivity contribution in [1.82, 2.24) is 5.32 Å². The molecule has 1 aliphatic carbocycles. The van der Waals surface area contributed by atoms with E-state index in [1.807, 2.05) is 0 Å². The first-order valence-electron chi connectivity index (χ1n) is 9.00. The molecule has 26 heavy (non-hydrogen) atoms. The van der Waals surface area contributed by atoms with E-state index in [2.05, 4.69) is 5.32 Å². The predicted octanol–water partition coefficient (Wildman–Crippen LogP) is 4.16. The first-order valence-corrected chi connectivity index (χ1v) is 9.00. The van der Waals surface area contributed by atoms with Crippen LogP contribution in [0.25, 0.3) is 0 Å². The lowest BCUT2D eigenvalue weighted by Gasteiger charge is -2.25. The van der Waals surface area contributed by atoms with E-state index < -0.39 is 11.7 Å². The fourth-order valence-corrected chi connectivity index (χ4v) is 3.39. The molecule has 0 aliphatic heterocycles. The fraction of sp³-hybridized carbons (Fsp3) is 0.333. The minimum Gasteiger partial charge on any atom is -0.349 e. The van der Waals surface area contributed by atoms with Crippen molar-refractivity contribution < 1.29 is 14.0 Å². The van der Waals surface area contributed by atoms with Crippen molar-refractivity contribution >= 4 is 17.5 Å². The molecule has 1 N–H and O–H groups in total. The van der Waals surface area contributed by atoms with Crippen molar-refractivity contribution in [2.75, 3.05) is 11.9 Å². The lowest BCUT2D eigenvalue weighted by molar-refractivity contribution is 0.0928. The zero-order chi connectivity index (χ0) is 18.5. The Kier molecular flexibility index (Phi) is 5.66. The summed E-state index contributed by atoms with van der Waals surface area (Å²) in [6.45, 7) is 0. The third-order valence-electron chi connectivity index (χ3n) is 4.86. The monoisotopic (exact) mass is 354 g/mol. The number of carbonyl (C=O) groups is 2. The number of hydrogen-bond donors (Lipinski definition) is 1. The van der Waals surface area contributed by atoms with Crippen molar-refractivity contribution in [2.45, 2.75) is 38.1 Å². The number of nitrogens with one attached hydrogen (secondary N) is 1. The van der Waals surface area contributed by atoms with Crippen molar-refractivity contribution in [3.63, 3.8) is 0 Å². The zero-order valence-electron chi connectivity index (χ0n) is 14.9. The van der Waals surface area contributed by atoms with Gasteiger partial charge in [-0.25, -0.2) is 4.39 Å². The Bertz CT molecular complexity index is 800. The van der Waals surface area contributed by atoms with Crippen LogP contribution in [0.4, 0.5) is 10.1 Å². The summed E-state index contributed by atoms with van der Waals surface area (Å²) < 4.78 is 14.0. The summed E-state index contributed by atoms with van der Waals surface area (Å²) in [6.07, 6.45) is 5.43. The number of benzene rings is 2. The Morgan fingerprint density at radius 3 is 2.27 bits per heavy atom. The lowest BCUT2D eigenvalue weighted by Crippen LogP contribution is -2.37. The first-order chi connectivity index (χ1) is 12.6. The summed E-state index contributed by atoms with van der Waals surface area (Å²) in [5.74, 6) is -1.25. The summed E-state index contributed by atoms with van der Waals surface area (Å²) in [6, 6.07) is 13.0. The molecule has 1 saturated carbocycles. The van der Waals surface area contributed by atoms with E-state index in [0.29, 0.717) is 11.3 Å². The summed E-state index contributed by atoms with van der Waals surface area (Å²) in [7, 11) is 1.56. The Balaban J connectivity index is 1.83. The molecule has 0 bridgehead atoms. The van der Waals surface area contributed by atoms with Gasteiger partial charge in [0.05, 0.1) is 16.8 Å². The van der Waals surface area contributed by atoms with Gasteiger partial charge in [0.15, 0.2) is 0 Å². The standard InChI is InChI=1S/C21H23FN2O2/c1-24(21(26)16-11-5-7-13-18(16)22)19-14-8-6-12-17(19)20(25)23-15-9-3-2-4-10-15/h5-8,11-15H,2-4,9-10H2,1H3,(H,23,25). The van der Waals surface area contributed by atoms with Gasteiger partial charge in [-0.2, -0.15) is 0 Å². The maximum Gasteiger partial charge on any atom is 0.261 e. The fourth-order valence-electron chi connectivity index (χ4n) is 3.39. The van der Waals surface area contributed by atoms with Crippen molar-refractivity contribution in [3.8, 4) is 0 Å². The molecule has 2 aromatic rings. The maximum atomic E-state index is 14.0. The van der Waals surface area contributed by atoms with E-state index in [1.165, 1.54) is 29.5 Å². The van der Waals surface area contributed by atoms with E-state index in [4.69, 9.17) is 0 Å². The third-order valence-corrected chi connectivity index (χ3v) is 4.86. The number of nitrogens with zero attached hydrogens (tertiary/aromatic N) is 1. The van der Waals surface area contributed by atoms with Crippen LogP contribution in [-0.2, 0) is 0 Å². The number of para-hydroxylation sites is 1. The van der Waals surface area contributed by atoms with Crippen LogP contribution in [0.1, 0.15) is 52.8 Å². The van der Waals surface area contributed by atoms with Gasteiger partial charge >= 0.3 is 0 Å². The average Bonchev–Trinajstić information content (AvgIpc) is 2.68. The molecular weight excluding hydrogens is 331 g/mol. The predicted molar refractivity (Wildman–Crippen MR) is 99.9 cm³/mol. The molecule has 136 valence electrons. The Labute approximate surface area is 153 Å². The quantitative estimate of drug-likeness (QED) is 0.896. The van der Waals surface area contributed by atoms with Gasteiger partial charge in [-0.15, -0.1) is 0 Å². The molecule has 5 heteroatoms. The van der Waals surface area contributed by atoms with Crippen LogP contribution < -0.4 is 10.2 Å². The van der Waals surface area contributed by atoms with Gasteiger partial charge in [-0.05, 0) is 37.1 Å². The van der Waals surface area contributed by atoms with E-state index in [-0.39, 0.29) is 17.5 Å². The van der Waals surface area contributed by atoms with Gasteiger partial charge in [0.1, 0.15) is 5.82 Å². The van der Waals surface area contributed by atoms with Crippen LogP contribution in [0.15, 0.2) is 48.5 Å². The number of hydrogen-bond acceptors (Lipinski definition) is 2. The second-order valence-corrected chi connectivity index (χ2v) is 6.67. The van der Waals surface area contributed by atoms with Gasteiger partial charge in [0, 0.05) is 13.1 Å². The van der Waals surface area contributed by atoms with Gasteiger partial charge in [0.2, 0.25) is 0 Å². The highest BCUT2D eigenvalue weighted by Crippen LogP contribution is 2.23. The number of rotatable bonds is 4. The minimum atomic E-state index is -0.575. The average molecular weight is 354 g/mol. The highest BCUT2D eigenvalue weighted by molar-refractivity contribution is 6.10. The summed E-state index contributed by atoms with van der Waals surface area (Å²) >= 11 is 0. The molecule has 0 radical (unpaired) electrons. The highest BCUT2D eigenvalue weighted by Gasteiger charge is 2.23. The maximum absolute atomic E-state index is 14.0. The molecule has 0 atom stereocenters. The second kappa shape index (κ2) is 8.13. The van der Waals surface area contributed by atoms with Gasteiger partial charge in [0.25, 0.3) is 11.8 Å². The molecule has 1 aliphatic rings. The minimum absolute atomic E-state index is 0.0162. The van der Waals surface area contributed by atoms with Gasteiger partial charge in [-0.1, -0.05) is 43.5 Å². The third kappa shape index (κ3) is 3.93. The first kappa shape index (κ1) is 18.1. The van der Waals surface area contributed by atoms with Crippen LogP contribution in [0, 0.1) is 5.82 Å². The lowest BCUT2D eigenvalue weighted by atomic mass is 9.95. The highest BCUT2D eigenvalue weighted by atomic mass is 19.1. The number of carbonyl (C=O) groups excluding carboxylic acids is 2. The van der Waals surface area contributed by atoms with E-state index in [1.54, 1.807) is 37.4 Å². The number of anilines is 1. The molecule has 0 spiro atoms. The normalized spacial score (nSPS) is 14.7. The Morgan fingerprint density at radius 2 is 1.58 bits per heavy atom. The van der Waals surface area contributed by atoms with Gasteiger partial charge in [-0.3, -0.25) is 9.59 Å². The van der Waals surface area contributed by atoms with Crippen LogP contribution >= 0.6 is 0 Å². The molecule has 0 heterocycles. The second-order valence-electron chi connectivity index (χ2n) is 6.67. The molecule has 4 nitrogen and oxygen atoms in total. The summed E-state index contributed by atoms with van der Waals surface area (Å²) in [5, 5.41) is 3.07. The SMILES string of the molecule is CN(C(=O)c1ccccc1F)c1ccccc1C(=O)NC1CCCCC1. The van der Waals surface area contributed by atoms with E-state index in [9.17, 15) is 14.0 Å². The van der Waals surface area contributed by atoms with Crippen LogP contribution in [0.3, 0.4) is 0 Å². The molecule has 3 rings (SSSR count). The zero-order valence-corrected chi connectivity index (χ0v) is 14.9. The molecular formula is C21H23FN2O2. The molecule has 0 saturated heterocycles. The molecule has 0 unspecified atom stereocenters. The summed E-state index contributed by atoms with van der Waals surface area (Å²) in [5.41, 5.74) is 0.872. The van der Waals surface area contributed by atoms with E-state index in [0.717, 1.165) is 25.7 Å². The van der Waals surface area contributed by atoms with Crippen molar-refractivity contribution in [2.24, 2.45) is 0 Å². The molecule has 1 fully saturated rings. The van der Waals surface area contributed by atoms with Crippen LogP contribution in [0.5, 0.6) is 0 Å². The van der Waals surface area contributed by atoms with Crippen molar-refractivity contribution in [1.29, 1.82) is 0 Å². The smallest absolute Gasteiger partial charge is 0.261 e. The van der Waals surface area contributed by atoms with Gasteiger partial charge < -0.3 is 10.2 Å². The molecule has 2 amide bonds. The largest absolute Gasteiger partial charge is 0.349 e. The van der Waals surface area contributed by atoms with Crippen LogP contribution in [0.2, 0.25) is 0 Å².